The summed E-state index contributed by atoms with van der Waals surface area (Å²) in [5.41, 5.74) is 1.29. The number of methoxy groups -OCH3 is 1. The smallest absolute Gasteiger partial charge is 0.185 e. The number of hydrogen-bond donors (Lipinski definition) is 0. The predicted molar refractivity (Wildman–Crippen MR) is 97.5 cm³/mol. The molecule has 0 aliphatic heterocycles. The van der Waals surface area contributed by atoms with E-state index in [4.69, 9.17) is 15.8 Å². The zero-order valence-corrected chi connectivity index (χ0v) is 17.2. The molecule has 0 N–H and O–H groups in total. The highest BCUT2D eigenvalue weighted by Crippen LogP contribution is 2.37. The fraction of sp³-hybridized carbons (Fsp3) is 0.625. The Morgan fingerprint density at radius 1 is 1.00 bits per heavy atom. The van der Waals surface area contributed by atoms with Crippen molar-refractivity contribution in [2.45, 2.75) is 58.9 Å². The summed E-state index contributed by atoms with van der Waals surface area (Å²) >= 11 is 6.73. The van der Waals surface area contributed by atoms with Gasteiger partial charge in [0.2, 0.25) is 0 Å². The maximum atomic E-state index is 6.73. The number of benzene rings is 1. The van der Waals surface area contributed by atoms with E-state index in [1.165, 1.54) is 15.9 Å². The van der Waals surface area contributed by atoms with Gasteiger partial charge in [-0.2, -0.15) is 11.1 Å². The van der Waals surface area contributed by atoms with Crippen LogP contribution in [0.3, 0.4) is 0 Å². The highest BCUT2D eigenvalue weighted by molar-refractivity contribution is 7.26. The molecular formula is C16H29ClOSi2. The second kappa shape index (κ2) is 5.50. The van der Waals surface area contributed by atoms with Gasteiger partial charge in [0, 0.05) is 0 Å². The van der Waals surface area contributed by atoms with Crippen molar-refractivity contribution in [1.29, 1.82) is 0 Å². The van der Waals surface area contributed by atoms with Crippen molar-refractivity contribution in [1.82, 2.24) is 0 Å². The molecule has 1 rings (SSSR count). The quantitative estimate of drug-likeness (QED) is 0.591. The van der Waals surface area contributed by atoms with Gasteiger partial charge in [-0.25, -0.2) is 0 Å². The molecule has 0 amide bonds. The standard InChI is InChI=1S/C16H29ClOSi2/c1-12-10-13(19(6,7)16(2,3)4)15(18-5)14(11-12)20(8,9)17/h10-11H,1-9H3. The maximum absolute atomic E-state index is 6.73. The summed E-state index contributed by atoms with van der Waals surface area (Å²) in [6.07, 6.45) is 0. The molecule has 0 radical (unpaired) electrons. The minimum Gasteiger partial charge on any atom is -0.497 e. The summed E-state index contributed by atoms with van der Waals surface area (Å²) in [5, 5.41) is 2.92. The summed E-state index contributed by atoms with van der Waals surface area (Å²) in [7, 11) is -1.80. The van der Waals surface area contributed by atoms with Gasteiger partial charge in [0.05, 0.1) is 15.2 Å². The van der Waals surface area contributed by atoms with Gasteiger partial charge in [-0.05, 0) is 22.3 Å². The lowest BCUT2D eigenvalue weighted by molar-refractivity contribution is 0.420. The van der Waals surface area contributed by atoms with E-state index in [0.29, 0.717) is 0 Å². The highest BCUT2D eigenvalue weighted by Gasteiger charge is 2.40. The minimum absolute atomic E-state index is 0.281. The van der Waals surface area contributed by atoms with Gasteiger partial charge in [-0.1, -0.05) is 64.7 Å². The molecule has 0 unspecified atom stereocenters. The monoisotopic (exact) mass is 328 g/mol. The number of halogens is 1. The average Bonchev–Trinajstić information content (AvgIpc) is 2.25. The van der Waals surface area contributed by atoms with E-state index < -0.39 is 15.5 Å². The third-order valence-corrected chi connectivity index (χ3v) is 12.4. The van der Waals surface area contributed by atoms with E-state index in [1.807, 2.05) is 0 Å². The molecule has 0 aromatic heterocycles. The molecule has 1 aromatic carbocycles. The van der Waals surface area contributed by atoms with Crippen molar-refractivity contribution < 1.29 is 4.74 Å². The van der Waals surface area contributed by atoms with Crippen molar-refractivity contribution in [2.75, 3.05) is 7.11 Å². The average molecular weight is 329 g/mol. The zero-order valence-electron chi connectivity index (χ0n) is 14.4. The predicted octanol–water partition coefficient (Wildman–Crippen LogP) is 4.37. The van der Waals surface area contributed by atoms with Crippen LogP contribution in [0.2, 0.25) is 31.2 Å². The van der Waals surface area contributed by atoms with Crippen LogP contribution in [-0.2, 0) is 0 Å². The van der Waals surface area contributed by atoms with Crippen LogP contribution in [0, 0.1) is 6.92 Å². The Labute approximate surface area is 131 Å². The van der Waals surface area contributed by atoms with Gasteiger partial charge in [-0.3, -0.25) is 0 Å². The van der Waals surface area contributed by atoms with Crippen LogP contribution >= 0.6 is 11.1 Å². The zero-order chi connectivity index (χ0) is 15.9. The van der Waals surface area contributed by atoms with Gasteiger partial charge < -0.3 is 4.74 Å². The number of ether oxygens (including phenoxy) is 1. The Balaban J connectivity index is 3.69. The first-order valence-corrected chi connectivity index (χ1v) is 14.2. The van der Waals surface area contributed by atoms with E-state index in [0.717, 1.165) is 5.75 Å². The van der Waals surface area contributed by atoms with E-state index in [9.17, 15) is 0 Å². The van der Waals surface area contributed by atoms with Gasteiger partial charge >= 0.3 is 0 Å². The highest BCUT2D eigenvalue weighted by atomic mass is 35.6. The van der Waals surface area contributed by atoms with Gasteiger partial charge in [-0.15, -0.1) is 0 Å². The molecule has 0 saturated carbocycles. The van der Waals surface area contributed by atoms with Gasteiger partial charge in [0.15, 0.2) is 7.38 Å². The van der Waals surface area contributed by atoms with Crippen LogP contribution in [0.5, 0.6) is 5.75 Å². The van der Waals surface area contributed by atoms with Crippen molar-refractivity contribution >= 4 is 36.9 Å². The summed E-state index contributed by atoms with van der Waals surface area (Å²) < 4.78 is 5.82. The molecule has 0 bridgehead atoms. The lowest BCUT2D eigenvalue weighted by Crippen LogP contribution is -2.52. The van der Waals surface area contributed by atoms with Crippen LogP contribution in [0.25, 0.3) is 0 Å². The number of hydrogen-bond acceptors (Lipinski definition) is 1. The Hall–Kier alpha value is -0.256. The van der Waals surface area contributed by atoms with Gasteiger partial charge in [0.1, 0.15) is 5.75 Å². The first-order valence-electron chi connectivity index (χ1n) is 7.21. The van der Waals surface area contributed by atoms with Crippen LogP contribution in [0.4, 0.5) is 0 Å². The van der Waals surface area contributed by atoms with E-state index in [2.05, 4.69) is 66.0 Å². The van der Waals surface area contributed by atoms with Crippen molar-refractivity contribution in [2.24, 2.45) is 0 Å². The van der Waals surface area contributed by atoms with Crippen LogP contribution in [-0.4, -0.2) is 22.6 Å². The number of aryl methyl sites for hydroxylation is 1. The normalized spacial score (nSPS) is 13.5. The van der Waals surface area contributed by atoms with E-state index in [1.54, 1.807) is 7.11 Å². The first-order chi connectivity index (χ1) is 8.82. The van der Waals surface area contributed by atoms with Gasteiger partial charge in [0.25, 0.3) is 0 Å². The molecule has 1 nitrogen and oxygen atoms in total. The molecule has 0 saturated heterocycles. The van der Waals surface area contributed by atoms with Crippen molar-refractivity contribution in [3.8, 4) is 5.75 Å². The first kappa shape index (κ1) is 17.8. The molecular weight excluding hydrogens is 300 g/mol. The molecule has 4 heteroatoms. The summed E-state index contributed by atoms with van der Waals surface area (Å²) in [6, 6.07) is 4.53. The Morgan fingerprint density at radius 2 is 1.45 bits per heavy atom. The molecule has 0 fully saturated rings. The molecule has 0 aliphatic rings. The Morgan fingerprint density at radius 3 is 1.80 bits per heavy atom. The lowest BCUT2D eigenvalue weighted by atomic mass is 10.2. The SMILES string of the molecule is COc1c([Si](C)(C)Cl)cc(C)cc1[Si](C)(C)C(C)(C)C. The molecule has 0 spiro atoms. The fourth-order valence-electron chi connectivity index (χ4n) is 2.30. The third-order valence-electron chi connectivity index (χ3n) is 4.63. The minimum atomic E-state index is -1.93. The Bertz CT molecular complexity index is 496. The third kappa shape index (κ3) is 3.31. The largest absolute Gasteiger partial charge is 0.497 e. The molecule has 1 aromatic rings. The lowest BCUT2D eigenvalue weighted by Gasteiger charge is -2.39. The second-order valence-corrected chi connectivity index (χ2v) is 19.3. The molecule has 0 atom stereocenters. The molecule has 20 heavy (non-hydrogen) atoms. The van der Waals surface area contributed by atoms with Crippen molar-refractivity contribution in [3.63, 3.8) is 0 Å². The van der Waals surface area contributed by atoms with Crippen LogP contribution < -0.4 is 15.1 Å². The fourth-order valence-corrected chi connectivity index (χ4v) is 6.40. The molecule has 0 aliphatic carbocycles. The van der Waals surface area contributed by atoms with Crippen molar-refractivity contribution in [3.05, 3.63) is 17.7 Å². The number of rotatable bonds is 3. The summed E-state index contributed by atoms with van der Waals surface area (Å²) in [4.78, 5) is 0. The van der Waals surface area contributed by atoms with E-state index in [-0.39, 0.29) is 5.04 Å². The van der Waals surface area contributed by atoms with Crippen LogP contribution in [0.15, 0.2) is 12.1 Å². The second-order valence-electron chi connectivity index (χ2n) is 7.74. The van der Waals surface area contributed by atoms with E-state index >= 15 is 0 Å². The summed E-state index contributed by atoms with van der Waals surface area (Å²) in [5.74, 6) is 1.05. The Kier molecular flexibility index (Phi) is 4.90. The topological polar surface area (TPSA) is 9.23 Å². The summed E-state index contributed by atoms with van der Waals surface area (Å²) in [6.45, 7) is 18.4. The maximum Gasteiger partial charge on any atom is 0.185 e. The molecule has 114 valence electrons. The molecule has 0 heterocycles. The van der Waals surface area contributed by atoms with Crippen LogP contribution in [0.1, 0.15) is 26.3 Å².